The van der Waals surface area contributed by atoms with Crippen LogP contribution in [0.1, 0.15) is 40.5 Å². The first kappa shape index (κ1) is 16.3. The second kappa shape index (κ2) is 7.78. The summed E-state index contributed by atoms with van der Waals surface area (Å²) in [6.07, 6.45) is 2.14. The van der Waals surface area contributed by atoms with Crippen LogP contribution in [0.2, 0.25) is 0 Å². The van der Waals surface area contributed by atoms with E-state index in [1.165, 1.54) is 0 Å². The first-order valence-corrected chi connectivity index (χ1v) is 7.08. The standard InChI is InChI=1S/C16H24O4/c1-5-7-12-19-13-8-10-14(11-9-13)20-16(3,4)15(17)18-6-2/h8-11H,5-7,12H2,1-4H3. The maximum atomic E-state index is 11.7. The van der Waals surface area contributed by atoms with Gasteiger partial charge in [-0.05, 0) is 51.5 Å². The molecule has 0 aromatic heterocycles. The van der Waals surface area contributed by atoms with Gasteiger partial charge in [0.2, 0.25) is 0 Å². The lowest BCUT2D eigenvalue weighted by molar-refractivity contribution is -0.158. The van der Waals surface area contributed by atoms with E-state index in [9.17, 15) is 4.79 Å². The second-order valence-electron chi connectivity index (χ2n) is 5.01. The van der Waals surface area contributed by atoms with Crippen LogP contribution in [0.3, 0.4) is 0 Å². The number of benzene rings is 1. The first-order valence-electron chi connectivity index (χ1n) is 7.08. The fraction of sp³-hybridized carbons (Fsp3) is 0.562. The molecule has 20 heavy (non-hydrogen) atoms. The highest BCUT2D eigenvalue weighted by atomic mass is 16.6. The average molecular weight is 280 g/mol. The second-order valence-corrected chi connectivity index (χ2v) is 5.01. The number of esters is 1. The van der Waals surface area contributed by atoms with Crippen LogP contribution in [0.4, 0.5) is 0 Å². The lowest BCUT2D eigenvalue weighted by Gasteiger charge is -2.24. The molecule has 0 aliphatic heterocycles. The minimum atomic E-state index is -0.999. The Kier molecular flexibility index (Phi) is 6.36. The third-order valence-electron chi connectivity index (χ3n) is 2.73. The van der Waals surface area contributed by atoms with Crippen molar-refractivity contribution in [1.82, 2.24) is 0 Å². The maximum Gasteiger partial charge on any atom is 0.349 e. The van der Waals surface area contributed by atoms with E-state index in [2.05, 4.69) is 6.92 Å². The van der Waals surface area contributed by atoms with Gasteiger partial charge in [0, 0.05) is 0 Å². The molecule has 1 aromatic carbocycles. The van der Waals surface area contributed by atoms with Gasteiger partial charge >= 0.3 is 5.97 Å². The van der Waals surface area contributed by atoms with E-state index in [1.807, 2.05) is 12.1 Å². The molecule has 4 nitrogen and oxygen atoms in total. The molecular weight excluding hydrogens is 256 g/mol. The minimum Gasteiger partial charge on any atom is -0.494 e. The molecule has 0 unspecified atom stereocenters. The quantitative estimate of drug-likeness (QED) is 0.539. The normalized spacial score (nSPS) is 11.0. The summed E-state index contributed by atoms with van der Waals surface area (Å²) in [5.41, 5.74) is -0.999. The van der Waals surface area contributed by atoms with Gasteiger partial charge in [0.1, 0.15) is 11.5 Å². The topological polar surface area (TPSA) is 44.8 Å². The van der Waals surface area contributed by atoms with Crippen molar-refractivity contribution in [1.29, 1.82) is 0 Å². The highest BCUT2D eigenvalue weighted by molar-refractivity contribution is 5.79. The summed E-state index contributed by atoms with van der Waals surface area (Å²) in [4.78, 5) is 11.7. The van der Waals surface area contributed by atoms with Gasteiger partial charge in [-0.15, -0.1) is 0 Å². The molecule has 0 fully saturated rings. The predicted molar refractivity (Wildman–Crippen MR) is 78.2 cm³/mol. The molecule has 0 N–H and O–H groups in total. The molecular formula is C16H24O4. The number of ether oxygens (including phenoxy) is 3. The van der Waals surface area contributed by atoms with E-state index in [0.717, 1.165) is 18.6 Å². The lowest BCUT2D eigenvalue weighted by atomic mass is 10.1. The summed E-state index contributed by atoms with van der Waals surface area (Å²) in [5, 5.41) is 0. The van der Waals surface area contributed by atoms with Crippen LogP contribution in [0.25, 0.3) is 0 Å². The van der Waals surface area contributed by atoms with Gasteiger partial charge in [0.25, 0.3) is 0 Å². The Morgan fingerprint density at radius 2 is 1.70 bits per heavy atom. The Hall–Kier alpha value is -1.71. The first-order chi connectivity index (χ1) is 9.49. The lowest BCUT2D eigenvalue weighted by Crippen LogP contribution is -2.39. The van der Waals surface area contributed by atoms with Gasteiger partial charge in [-0.3, -0.25) is 0 Å². The van der Waals surface area contributed by atoms with E-state index in [-0.39, 0.29) is 5.97 Å². The maximum absolute atomic E-state index is 11.7. The summed E-state index contributed by atoms with van der Waals surface area (Å²) in [7, 11) is 0. The number of hydrogen-bond acceptors (Lipinski definition) is 4. The zero-order chi connectivity index (χ0) is 15.0. The summed E-state index contributed by atoms with van der Waals surface area (Å²) in [5.74, 6) is 1.05. The van der Waals surface area contributed by atoms with Gasteiger partial charge in [0.15, 0.2) is 5.60 Å². The molecule has 0 spiro atoms. The molecule has 0 saturated heterocycles. The van der Waals surface area contributed by atoms with Gasteiger partial charge in [-0.1, -0.05) is 13.3 Å². The van der Waals surface area contributed by atoms with Crippen molar-refractivity contribution in [3.05, 3.63) is 24.3 Å². The van der Waals surface area contributed by atoms with Crippen molar-refractivity contribution in [3.63, 3.8) is 0 Å². The summed E-state index contributed by atoms with van der Waals surface area (Å²) in [6, 6.07) is 7.27. The molecule has 1 rings (SSSR count). The summed E-state index contributed by atoms with van der Waals surface area (Å²) in [6.45, 7) is 8.34. The van der Waals surface area contributed by atoms with E-state index >= 15 is 0 Å². The Labute approximate surface area is 121 Å². The van der Waals surface area contributed by atoms with Crippen LogP contribution >= 0.6 is 0 Å². The molecule has 0 radical (unpaired) electrons. The van der Waals surface area contributed by atoms with Crippen LogP contribution < -0.4 is 9.47 Å². The van der Waals surface area contributed by atoms with E-state index in [1.54, 1.807) is 32.9 Å². The van der Waals surface area contributed by atoms with Crippen LogP contribution in [0.5, 0.6) is 11.5 Å². The Bertz CT molecular complexity index is 409. The average Bonchev–Trinajstić information content (AvgIpc) is 2.41. The van der Waals surface area contributed by atoms with E-state index in [0.29, 0.717) is 19.0 Å². The Balaban J connectivity index is 2.58. The minimum absolute atomic E-state index is 0.343. The Morgan fingerprint density at radius 3 is 2.25 bits per heavy atom. The molecule has 0 bridgehead atoms. The van der Waals surface area contributed by atoms with Crippen molar-refractivity contribution in [2.45, 2.75) is 46.1 Å². The zero-order valence-corrected chi connectivity index (χ0v) is 12.8. The zero-order valence-electron chi connectivity index (χ0n) is 12.8. The molecule has 0 atom stereocenters. The molecule has 0 aliphatic carbocycles. The van der Waals surface area contributed by atoms with Crippen LogP contribution in [-0.2, 0) is 9.53 Å². The van der Waals surface area contributed by atoms with Gasteiger partial charge in [0.05, 0.1) is 13.2 Å². The van der Waals surface area contributed by atoms with Crippen molar-refractivity contribution in [2.75, 3.05) is 13.2 Å². The van der Waals surface area contributed by atoms with Crippen LogP contribution in [0.15, 0.2) is 24.3 Å². The van der Waals surface area contributed by atoms with Crippen molar-refractivity contribution in [2.24, 2.45) is 0 Å². The molecule has 0 saturated carbocycles. The molecule has 0 heterocycles. The molecule has 4 heteroatoms. The summed E-state index contributed by atoms with van der Waals surface area (Å²) < 4.78 is 16.2. The van der Waals surface area contributed by atoms with Crippen molar-refractivity contribution in [3.8, 4) is 11.5 Å². The smallest absolute Gasteiger partial charge is 0.349 e. The van der Waals surface area contributed by atoms with E-state index < -0.39 is 5.60 Å². The van der Waals surface area contributed by atoms with Gasteiger partial charge in [-0.2, -0.15) is 0 Å². The predicted octanol–water partition coefficient (Wildman–Crippen LogP) is 3.59. The largest absolute Gasteiger partial charge is 0.494 e. The molecule has 112 valence electrons. The third kappa shape index (κ3) is 5.11. The fourth-order valence-corrected chi connectivity index (χ4v) is 1.58. The van der Waals surface area contributed by atoms with E-state index in [4.69, 9.17) is 14.2 Å². The summed E-state index contributed by atoms with van der Waals surface area (Å²) >= 11 is 0. The SMILES string of the molecule is CCCCOc1ccc(OC(C)(C)C(=O)OCC)cc1. The number of carbonyl (C=O) groups excluding carboxylic acids is 1. The number of unbranched alkanes of at least 4 members (excludes halogenated alkanes) is 1. The highest BCUT2D eigenvalue weighted by Crippen LogP contribution is 2.22. The monoisotopic (exact) mass is 280 g/mol. The Morgan fingerprint density at radius 1 is 1.10 bits per heavy atom. The number of rotatable bonds is 8. The fourth-order valence-electron chi connectivity index (χ4n) is 1.58. The van der Waals surface area contributed by atoms with Crippen molar-refractivity contribution >= 4 is 5.97 Å². The van der Waals surface area contributed by atoms with Crippen LogP contribution in [0, 0.1) is 0 Å². The van der Waals surface area contributed by atoms with Crippen molar-refractivity contribution < 1.29 is 19.0 Å². The van der Waals surface area contributed by atoms with Gasteiger partial charge in [-0.25, -0.2) is 4.79 Å². The third-order valence-corrected chi connectivity index (χ3v) is 2.73. The number of carbonyl (C=O) groups is 1. The molecule has 0 aliphatic rings. The highest BCUT2D eigenvalue weighted by Gasteiger charge is 2.31. The molecule has 1 aromatic rings. The number of hydrogen-bond donors (Lipinski definition) is 0. The van der Waals surface area contributed by atoms with Gasteiger partial charge < -0.3 is 14.2 Å². The molecule has 0 amide bonds. The van der Waals surface area contributed by atoms with Crippen LogP contribution in [-0.4, -0.2) is 24.8 Å².